The molecule has 1 saturated heterocycles. The van der Waals surface area contributed by atoms with Crippen molar-refractivity contribution in [3.05, 3.63) is 23.3 Å². The molecule has 5 heteroatoms. The van der Waals surface area contributed by atoms with Crippen molar-refractivity contribution in [2.75, 3.05) is 13.1 Å². The van der Waals surface area contributed by atoms with Gasteiger partial charge in [0.25, 0.3) is 5.78 Å². The Labute approximate surface area is 113 Å². The lowest BCUT2D eigenvalue weighted by atomic mass is 9.76. The van der Waals surface area contributed by atoms with E-state index in [4.69, 9.17) is 0 Å². The number of hydrogen-bond donors (Lipinski definition) is 1. The van der Waals surface area contributed by atoms with E-state index in [-0.39, 0.29) is 5.41 Å². The molecule has 1 aliphatic heterocycles. The molecule has 0 amide bonds. The quantitative estimate of drug-likeness (QED) is 0.893. The first kappa shape index (κ1) is 12.5. The molecule has 102 valence electrons. The minimum absolute atomic E-state index is 0.145. The van der Waals surface area contributed by atoms with Gasteiger partial charge in [0.1, 0.15) is 5.82 Å². The van der Waals surface area contributed by atoms with E-state index in [2.05, 4.69) is 44.8 Å². The van der Waals surface area contributed by atoms with Crippen LogP contribution in [0.1, 0.15) is 43.4 Å². The van der Waals surface area contributed by atoms with E-state index in [1.54, 1.807) is 0 Å². The van der Waals surface area contributed by atoms with Crippen LogP contribution in [-0.2, 0) is 5.41 Å². The van der Waals surface area contributed by atoms with Crippen LogP contribution in [0.5, 0.6) is 0 Å². The molecule has 1 N–H and O–H groups in total. The minimum Gasteiger partial charge on any atom is -0.317 e. The topological polar surface area (TPSA) is 55.1 Å². The Morgan fingerprint density at radius 3 is 2.68 bits per heavy atom. The van der Waals surface area contributed by atoms with Gasteiger partial charge in [-0.2, -0.15) is 0 Å². The summed E-state index contributed by atoms with van der Waals surface area (Å²) >= 11 is 0. The molecule has 0 spiro atoms. The van der Waals surface area contributed by atoms with E-state index < -0.39 is 0 Å². The molecule has 0 radical (unpaired) electrons. The van der Waals surface area contributed by atoms with Crippen LogP contribution in [0.15, 0.2) is 6.07 Å². The van der Waals surface area contributed by atoms with Crippen molar-refractivity contribution in [1.82, 2.24) is 24.9 Å². The molecular weight excluding hydrogens is 238 g/mol. The highest BCUT2D eigenvalue weighted by atomic mass is 15.3. The molecule has 2 aromatic rings. The smallest absolute Gasteiger partial charge is 0.255 e. The van der Waals surface area contributed by atoms with Crippen LogP contribution < -0.4 is 5.32 Å². The van der Waals surface area contributed by atoms with Gasteiger partial charge in [0.15, 0.2) is 0 Å². The van der Waals surface area contributed by atoms with Gasteiger partial charge in [-0.25, -0.2) is 4.98 Å². The minimum atomic E-state index is 0.145. The Bertz CT molecular complexity index is 595. The van der Waals surface area contributed by atoms with E-state index in [1.807, 2.05) is 6.92 Å². The maximum atomic E-state index is 4.49. The summed E-state index contributed by atoms with van der Waals surface area (Å²) in [5.41, 5.74) is 2.32. The molecule has 1 aliphatic rings. The molecule has 3 rings (SSSR count). The highest BCUT2D eigenvalue weighted by molar-refractivity contribution is 5.34. The van der Waals surface area contributed by atoms with Gasteiger partial charge in [0, 0.05) is 16.8 Å². The number of aryl methyl sites for hydroxylation is 2. The number of nitrogens with zero attached hydrogens (tertiary/aromatic N) is 4. The molecule has 2 aromatic heterocycles. The zero-order valence-corrected chi connectivity index (χ0v) is 11.9. The van der Waals surface area contributed by atoms with Crippen LogP contribution in [-0.4, -0.2) is 32.7 Å². The molecule has 0 aromatic carbocycles. The highest BCUT2D eigenvalue weighted by Gasteiger charge is 2.36. The molecule has 3 heterocycles. The normalized spacial score (nSPS) is 18.9. The predicted octanol–water partition coefficient (Wildman–Crippen LogP) is 1.77. The first-order valence-corrected chi connectivity index (χ1v) is 7.07. The monoisotopic (exact) mass is 259 g/mol. The number of hydrogen-bond acceptors (Lipinski definition) is 4. The lowest BCUT2D eigenvalue weighted by Gasteiger charge is -2.35. The van der Waals surface area contributed by atoms with Crippen molar-refractivity contribution in [2.45, 2.75) is 45.4 Å². The number of piperidine rings is 1. The van der Waals surface area contributed by atoms with Crippen molar-refractivity contribution < 1.29 is 0 Å². The van der Waals surface area contributed by atoms with Crippen LogP contribution in [0.25, 0.3) is 5.78 Å². The summed E-state index contributed by atoms with van der Waals surface area (Å²) < 4.78 is 2.14. The highest BCUT2D eigenvalue weighted by Crippen LogP contribution is 2.35. The Kier molecular flexibility index (Phi) is 3.01. The lowest BCUT2D eigenvalue weighted by molar-refractivity contribution is 0.280. The van der Waals surface area contributed by atoms with E-state index in [1.165, 1.54) is 5.69 Å². The number of nitrogens with one attached hydrogen (secondary N) is 1. The maximum Gasteiger partial charge on any atom is 0.255 e. The average molecular weight is 259 g/mol. The molecule has 0 unspecified atom stereocenters. The van der Waals surface area contributed by atoms with Gasteiger partial charge in [0.2, 0.25) is 0 Å². The van der Waals surface area contributed by atoms with Crippen LogP contribution in [0.4, 0.5) is 0 Å². The second-order valence-electron chi connectivity index (χ2n) is 5.58. The van der Waals surface area contributed by atoms with E-state index >= 15 is 0 Å². The SMILES string of the molecule is CCC1(c2nnc3nc(C)cc(C)n23)CCNCC1. The van der Waals surface area contributed by atoms with Gasteiger partial charge in [0.05, 0.1) is 0 Å². The molecule has 0 aliphatic carbocycles. The van der Waals surface area contributed by atoms with E-state index in [0.717, 1.165) is 49.6 Å². The number of fused-ring (bicyclic) bond motifs is 1. The van der Waals surface area contributed by atoms with Gasteiger partial charge in [-0.15, -0.1) is 10.2 Å². The van der Waals surface area contributed by atoms with Crippen molar-refractivity contribution in [1.29, 1.82) is 0 Å². The summed E-state index contributed by atoms with van der Waals surface area (Å²) in [6, 6.07) is 2.10. The van der Waals surface area contributed by atoms with Crippen LogP contribution in [0.2, 0.25) is 0 Å². The fraction of sp³-hybridized carbons (Fsp3) is 0.643. The summed E-state index contributed by atoms with van der Waals surface area (Å²) in [5.74, 6) is 1.83. The largest absolute Gasteiger partial charge is 0.317 e. The Morgan fingerprint density at radius 1 is 1.26 bits per heavy atom. The predicted molar refractivity (Wildman–Crippen MR) is 74.3 cm³/mol. The zero-order valence-electron chi connectivity index (χ0n) is 11.9. The molecular formula is C14H21N5. The summed E-state index contributed by atoms with van der Waals surface area (Å²) in [7, 11) is 0. The molecule has 19 heavy (non-hydrogen) atoms. The summed E-state index contributed by atoms with van der Waals surface area (Å²) in [6.07, 6.45) is 3.35. The Morgan fingerprint density at radius 2 is 2.00 bits per heavy atom. The molecule has 0 saturated carbocycles. The van der Waals surface area contributed by atoms with Gasteiger partial charge in [-0.1, -0.05) is 6.92 Å². The molecule has 0 atom stereocenters. The summed E-state index contributed by atoms with van der Waals surface area (Å²) in [5, 5.41) is 12.2. The summed E-state index contributed by atoms with van der Waals surface area (Å²) in [4.78, 5) is 4.49. The average Bonchev–Trinajstić information content (AvgIpc) is 2.84. The lowest BCUT2D eigenvalue weighted by Crippen LogP contribution is -2.41. The van der Waals surface area contributed by atoms with Crippen molar-refractivity contribution in [3.8, 4) is 0 Å². The molecule has 0 bridgehead atoms. The van der Waals surface area contributed by atoms with Crippen molar-refractivity contribution in [3.63, 3.8) is 0 Å². The number of rotatable bonds is 2. The second-order valence-corrected chi connectivity index (χ2v) is 5.58. The van der Waals surface area contributed by atoms with Crippen LogP contribution >= 0.6 is 0 Å². The summed E-state index contributed by atoms with van der Waals surface area (Å²) in [6.45, 7) is 8.48. The number of aromatic nitrogens is 4. The van der Waals surface area contributed by atoms with Crippen LogP contribution in [0, 0.1) is 13.8 Å². The standard InChI is InChI=1S/C14H21N5/c1-4-14(5-7-15-8-6-14)12-17-18-13-16-10(2)9-11(3)19(12)13/h9,15H,4-8H2,1-3H3. The van der Waals surface area contributed by atoms with Gasteiger partial charge in [-0.3, -0.25) is 4.40 Å². The Hall–Kier alpha value is -1.49. The van der Waals surface area contributed by atoms with Gasteiger partial charge in [-0.05, 0) is 52.3 Å². The third-order valence-electron chi connectivity index (χ3n) is 4.40. The van der Waals surface area contributed by atoms with Crippen molar-refractivity contribution >= 4 is 5.78 Å². The van der Waals surface area contributed by atoms with E-state index in [9.17, 15) is 0 Å². The van der Waals surface area contributed by atoms with Gasteiger partial charge >= 0.3 is 0 Å². The maximum absolute atomic E-state index is 4.49. The van der Waals surface area contributed by atoms with Crippen LogP contribution in [0.3, 0.4) is 0 Å². The van der Waals surface area contributed by atoms with Crippen molar-refractivity contribution in [2.24, 2.45) is 0 Å². The fourth-order valence-corrected chi connectivity index (χ4v) is 3.21. The van der Waals surface area contributed by atoms with E-state index in [0.29, 0.717) is 0 Å². The first-order valence-electron chi connectivity index (χ1n) is 7.07. The second kappa shape index (κ2) is 4.56. The molecule has 1 fully saturated rings. The first-order chi connectivity index (χ1) is 9.16. The molecule has 5 nitrogen and oxygen atoms in total. The Balaban J connectivity index is 2.19. The third kappa shape index (κ3) is 1.92. The zero-order chi connectivity index (χ0) is 13.5. The third-order valence-corrected chi connectivity index (χ3v) is 4.40. The fourth-order valence-electron chi connectivity index (χ4n) is 3.21. The van der Waals surface area contributed by atoms with Gasteiger partial charge < -0.3 is 5.32 Å².